The Morgan fingerprint density at radius 3 is 2.48 bits per heavy atom. The van der Waals surface area contributed by atoms with Gasteiger partial charge in [-0.05, 0) is 25.1 Å². The summed E-state index contributed by atoms with van der Waals surface area (Å²) < 4.78 is 13.9. The number of amides is 1. The molecule has 0 bridgehead atoms. The van der Waals surface area contributed by atoms with E-state index in [1.165, 1.54) is 6.07 Å². The second-order valence-electron chi connectivity index (χ2n) is 4.92. The molecule has 1 atom stereocenters. The largest absolute Gasteiger partial charge is 0.397 e. The Bertz CT molecular complexity index is 672. The predicted octanol–water partition coefficient (Wildman–Crippen LogP) is 2.70. The highest BCUT2D eigenvalue weighted by atomic mass is 19.1. The van der Waals surface area contributed by atoms with E-state index in [4.69, 9.17) is 11.5 Å². The molecule has 0 saturated heterocycles. The average molecular weight is 287 g/mol. The number of rotatable bonds is 4. The number of anilines is 2. The summed E-state index contributed by atoms with van der Waals surface area (Å²) >= 11 is 0. The highest BCUT2D eigenvalue weighted by Gasteiger charge is 2.21. The van der Waals surface area contributed by atoms with Gasteiger partial charge in [-0.2, -0.15) is 0 Å². The molecule has 0 spiro atoms. The zero-order valence-electron chi connectivity index (χ0n) is 12.0. The van der Waals surface area contributed by atoms with Crippen molar-refractivity contribution in [2.45, 2.75) is 13.0 Å². The Morgan fingerprint density at radius 1 is 1.19 bits per heavy atom. The van der Waals surface area contributed by atoms with E-state index in [0.717, 1.165) is 0 Å². The summed E-state index contributed by atoms with van der Waals surface area (Å²) in [6, 6.07) is 11.2. The lowest BCUT2D eigenvalue weighted by Gasteiger charge is -2.30. The molecular weight excluding hydrogens is 269 g/mol. The fourth-order valence-electron chi connectivity index (χ4n) is 2.37. The monoisotopic (exact) mass is 287 g/mol. The zero-order chi connectivity index (χ0) is 15.6. The van der Waals surface area contributed by atoms with E-state index in [0.29, 0.717) is 22.5 Å². The summed E-state index contributed by atoms with van der Waals surface area (Å²) in [6.45, 7) is 1.84. The maximum Gasteiger partial charge on any atom is 0.250 e. The lowest BCUT2D eigenvalue weighted by Crippen LogP contribution is -2.27. The van der Waals surface area contributed by atoms with Crippen LogP contribution in [0.4, 0.5) is 15.8 Å². The number of hydrogen-bond acceptors (Lipinski definition) is 3. The molecule has 1 unspecified atom stereocenters. The molecule has 0 fully saturated rings. The molecule has 4 N–H and O–H groups in total. The maximum absolute atomic E-state index is 13.9. The maximum atomic E-state index is 13.9. The fourth-order valence-corrected chi connectivity index (χ4v) is 2.37. The van der Waals surface area contributed by atoms with Crippen molar-refractivity contribution in [3.05, 3.63) is 59.4 Å². The van der Waals surface area contributed by atoms with E-state index in [-0.39, 0.29) is 11.9 Å². The minimum atomic E-state index is -0.565. The van der Waals surface area contributed by atoms with Gasteiger partial charge in [-0.15, -0.1) is 0 Å². The van der Waals surface area contributed by atoms with Crippen LogP contribution in [0.15, 0.2) is 42.5 Å². The number of para-hydroxylation sites is 1. The first-order chi connectivity index (χ1) is 9.93. The number of halogens is 1. The van der Waals surface area contributed by atoms with Gasteiger partial charge in [-0.25, -0.2) is 4.39 Å². The fraction of sp³-hybridized carbons (Fsp3) is 0.188. The van der Waals surface area contributed by atoms with Crippen molar-refractivity contribution in [1.29, 1.82) is 0 Å². The van der Waals surface area contributed by atoms with Crippen molar-refractivity contribution in [1.82, 2.24) is 0 Å². The molecule has 0 aliphatic heterocycles. The van der Waals surface area contributed by atoms with Gasteiger partial charge in [0.1, 0.15) is 5.82 Å². The van der Waals surface area contributed by atoms with Crippen LogP contribution in [-0.2, 0) is 0 Å². The van der Waals surface area contributed by atoms with Gasteiger partial charge < -0.3 is 16.4 Å². The van der Waals surface area contributed by atoms with Crippen LogP contribution in [0.1, 0.15) is 28.9 Å². The summed E-state index contributed by atoms with van der Waals surface area (Å²) in [7, 11) is 1.76. The first-order valence-electron chi connectivity index (χ1n) is 6.59. The Balaban J connectivity index is 2.48. The molecule has 1 amide bonds. The molecule has 2 aromatic carbocycles. The van der Waals surface area contributed by atoms with Gasteiger partial charge in [0.25, 0.3) is 5.91 Å². The van der Waals surface area contributed by atoms with Crippen LogP contribution in [0.3, 0.4) is 0 Å². The summed E-state index contributed by atoms with van der Waals surface area (Å²) in [4.78, 5) is 13.3. The predicted molar refractivity (Wildman–Crippen MR) is 82.6 cm³/mol. The van der Waals surface area contributed by atoms with Crippen LogP contribution in [0.2, 0.25) is 0 Å². The molecule has 21 heavy (non-hydrogen) atoms. The van der Waals surface area contributed by atoms with Crippen LogP contribution < -0.4 is 16.4 Å². The minimum Gasteiger partial charge on any atom is -0.397 e. The molecule has 0 aromatic heterocycles. The van der Waals surface area contributed by atoms with Crippen molar-refractivity contribution < 1.29 is 9.18 Å². The first kappa shape index (κ1) is 14.8. The van der Waals surface area contributed by atoms with Gasteiger partial charge in [-0.3, -0.25) is 4.79 Å². The molecule has 4 nitrogen and oxygen atoms in total. The highest BCUT2D eigenvalue weighted by molar-refractivity contribution is 6.01. The highest BCUT2D eigenvalue weighted by Crippen LogP contribution is 2.33. The van der Waals surface area contributed by atoms with Crippen molar-refractivity contribution in [2.75, 3.05) is 17.7 Å². The number of nitrogen functional groups attached to an aromatic ring is 1. The number of nitrogens with zero attached hydrogens (tertiary/aromatic N) is 1. The number of carbonyl (C=O) groups excluding carboxylic acids is 1. The van der Waals surface area contributed by atoms with Gasteiger partial charge in [-0.1, -0.05) is 24.3 Å². The standard InChI is InChI=1S/C16H18FN3O/c1-10(11-6-3-4-8-13(11)17)20(2)15-12(16(19)21)7-5-9-14(15)18/h3-10H,18H2,1-2H3,(H2,19,21). The lowest BCUT2D eigenvalue weighted by atomic mass is 10.0. The quantitative estimate of drug-likeness (QED) is 0.849. The number of nitrogens with two attached hydrogens (primary N) is 2. The minimum absolute atomic E-state index is 0.297. The third-order valence-electron chi connectivity index (χ3n) is 3.62. The molecule has 0 aliphatic carbocycles. The molecule has 2 rings (SSSR count). The van der Waals surface area contributed by atoms with Gasteiger partial charge in [0.15, 0.2) is 0 Å². The number of benzene rings is 2. The molecule has 0 saturated carbocycles. The van der Waals surface area contributed by atoms with Gasteiger partial charge in [0.05, 0.1) is 23.0 Å². The Hall–Kier alpha value is -2.56. The topological polar surface area (TPSA) is 72.3 Å². The summed E-state index contributed by atoms with van der Waals surface area (Å²) in [5.74, 6) is -0.864. The van der Waals surface area contributed by atoms with E-state index in [1.807, 2.05) is 6.92 Å². The molecule has 0 aliphatic rings. The molecule has 2 aromatic rings. The molecule has 0 radical (unpaired) electrons. The summed E-state index contributed by atoms with van der Waals surface area (Å²) in [6.07, 6.45) is 0. The second kappa shape index (κ2) is 5.83. The van der Waals surface area contributed by atoms with Crippen molar-refractivity contribution in [2.24, 2.45) is 5.73 Å². The molecule has 0 heterocycles. The third kappa shape index (κ3) is 2.81. The van der Waals surface area contributed by atoms with Crippen molar-refractivity contribution >= 4 is 17.3 Å². The van der Waals surface area contributed by atoms with E-state index in [9.17, 15) is 9.18 Å². The normalized spacial score (nSPS) is 12.0. The smallest absolute Gasteiger partial charge is 0.250 e. The summed E-state index contributed by atoms with van der Waals surface area (Å²) in [5.41, 5.74) is 13.2. The second-order valence-corrected chi connectivity index (χ2v) is 4.92. The lowest BCUT2D eigenvalue weighted by molar-refractivity contribution is 0.100. The van der Waals surface area contributed by atoms with E-state index >= 15 is 0 Å². The van der Waals surface area contributed by atoms with Crippen LogP contribution in [-0.4, -0.2) is 13.0 Å². The van der Waals surface area contributed by atoms with Gasteiger partial charge in [0.2, 0.25) is 0 Å². The van der Waals surface area contributed by atoms with E-state index < -0.39 is 5.91 Å². The van der Waals surface area contributed by atoms with Crippen molar-refractivity contribution in [3.8, 4) is 0 Å². The van der Waals surface area contributed by atoms with Gasteiger partial charge >= 0.3 is 0 Å². The Kier molecular flexibility index (Phi) is 4.12. The zero-order valence-corrected chi connectivity index (χ0v) is 12.0. The van der Waals surface area contributed by atoms with Gasteiger partial charge in [0, 0.05) is 12.6 Å². The van der Waals surface area contributed by atoms with Crippen molar-refractivity contribution in [3.63, 3.8) is 0 Å². The van der Waals surface area contributed by atoms with Crippen LogP contribution in [0.25, 0.3) is 0 Å². The number of carbonyl (C=O) groups is 1. The van der Waals surface area contributed by atoms with E-state index in [2.05, 4.69) is 0 Å². The van der Waals surface area contributed by atoms with Crippen LogP contribution >= 0.6 is 0 Å². The molecule has 5 heteroatoms. The number of primary amides is 1. The molecular formula is C16H18FN3O. The molecule has 110 valence electrons. The van der Waals surface area contributed by atoms with Crippen LogP contribution in [0, 0.1) is 5.82 Å². The first-order valence-corrected chi connectivity index (χ1v) is 6.59. The Labute approximate surface area is 123 Å². The Morgan fingerprint density at radius 2 is 1.86 bits per heavy atom. The van der Waals surface area contributed by atoms with E-state index in [1.54, 1.807) is 48.3 Å². The number of hydrogen-bond donors (Lipinski definition) is 2. The average Bonchev–Trinajstić information content (AvgIpc) is 2.46. The SMILES string of the molecule is CC(c1ccccc1F)N(C)c1c(N)cccc1C(N)=O. The van der Waals surface area contributed by atoms with Crippen LogP contribution in [0.5, 0.6) is 0 Å². The third-order valence-corrected chi connectivity index (χ3v) is 3.62. The summed E-state index contributed by atoms with van der Waals surface area (Å²) in [5, 5.41) is 0.